The molecule has 1 saturated carbocycles. The van der Waals surface area contributed by atoms with Crippen molar-refractivity contribution in [1.29, 1.82) is 0 Å². The molecule has 0 saturated heterocycles. The summed E-state index contributed by atoms with van der Waals surface area (Å²) in [5, 5.41) is 4.15. The lowest BCUT2D eigenvalue weighted by Crippen LogP contribution is -2.30. The fraction of sp³-hybridized carbons (Fsp3) is 0.353. The third kappa shape index (κ3) is 3.58. The third-order valence-electron chi connectivity index (χ3n) is 4.14. The molecular weight excluding hydrogens is 348 g/mol. The Balaban J connectivity index is 1.83. The van der Waals surface area contributed by atoms with Crippen molar-refractivity contribution in [2.24, 2.45) is 0 Å². The topological polar surface area (TPSA) is 24.9 Å². The number of hydrogen-bond donors (Lipinski definition) is 1. The summed E-state index contributed by atoms with van der Waals surface area (Å²) in [6.45, 7) is 0. The van der Waals surface area contributed by atoms with Crippen molar-refractivity contribution in [3.63, 3.8) is 0 Å². The van der Waals surface area contributed by atoms with Crippen LogP contribution in [0.1, 0.15) is 37.2 Å². The Morgan fingerprint density at radius 3 is 2.71 bits per heavy atom. The lowest BCUT2D eigenvalue weighted by molar-refractivity contribution is 0.405. The summed E-state index contributed by atoms with van der Waals surface area (Å²) in [5.41, 5.74) is 2.33. The van der Waals surface area contributed by atoms with E-state index < -0.39 is 0 Å². The molecule has 110 valence electrons. The highest BCUT2D eigenvalue weighted by Gasteiger charge is 2.26. The Labute approximate surface area is 139 Å². The molecule has 2 aromatic rings. The van der Waals surface area contributed by atoms with E-state index in [1.807, 2.05) is 6.07 Å². The van der Waals surface area contributed by atoms with Gasteiger partial charge >= 0.3 is 0 Å². The highest BCUT2D eigenvalue weighted by atomic mass is 79.9. The summed E-state index contributed by atoms with van der Waals surface area (Å²) < 4.78 is 0.946. The van der Waals surface area contributed by atoms with E-state index in [9.17, 15) is 0 Å². The second-order valence-corrected chi connectivity index (χ2v) is 6.82. The molecule has 0 bridgehead atoms. The van der Waals surface area contributed by atoms with Crippen LogP contribution in [0, 0.1) is 0 Å². The molecule has 1 aliphatic rings. The summed E-state index contributed by atoms with van der Waals surface area (Å²) in [6, 6.07) is 13.2. The van der Waals surface area contributed by atoms with Gasteiger partial charge in [-0.3, -0.25) is 0 Å². The molecule has 2 atom stereocenters. The maximum Gasteiger partial charge on any atom is 0.152 e. The Kier molecular flexibility index (Phi) is 4.81. The van der Waals surface area contributed by atoms with Gasteiger partial charge in [0.2, 0.25) is 0 Å². The monoisotopic (exact) mass is 364 g/mol. The highest BCUT2D eigenvalue weighted by molar-refractivity contribution is 9.10. The summed E-state index contributed by atoms with van der Waals surface area (Å²) in [4.78, 5) is 4.20. The molecule has 1 aliphatic carbocycles. The molecule has 1 fully saturated rings. The van der Waals surface area contributed by atoms with Crippen LogP contribution in [0.3, 0.4) is 0 Å². The van der Waals surface area contributed by atoms with Crippen molar-refractivity contribution in [3.05, 3.63) is 57.8 Å². The fourth-order valence-corrected chi connectivity index (χ4v) is 3.62. The van der Waals surface area contributed by atoms with E-state index in [0.29, 0.717) is 17.1 Å². The standard InChI is InChI=1S/C17H18BrClN2/c18-13-10-16(17(19)20-11-13)21-15-9-5-4-8-14(15)12-6-2-1-3-7-12/h1-3,6-7,10-11,14-15,21H,4-5,8-9H2. The van der Waals surface area contributed by atoms with Gasteiger partial charge in [-0.05, 0) is 40.4 Å². The molecule has 2 nitrogen and oxygen atoms in total. The molecule has 1 heterocycles. The van der Waals surface area contributed by atoms with Crippen LogP contribution in [-0.4, -0.2) is 11.0 Å². The fourth-order valence-electron chi connectivity index (χ4n) is 3.13. The van der Waals surface area contributed by atoms with Gasteiger partial charge in [0.05, 0.1) is 5.69 Å². The zero-order valence-electron chi connectivity index (χ0n) is 11.7. The Bertz CT molecular complexity index is 603. The second kappa shape index (κ2) is 6.80. The number of hydrogen-bond acceptors (Lipinski definition) is 2. The molecule has 3 rings (SSSR count). The minimum absolute atomic E-state index is 0.412. The van der Waals surface area contributed by atoms with Crippen LogP contribution in [0.15, 0.2) is 47.1 Å². The number of benzene rings is 1. The molecule has 21 heavy (non-hydrogen) atoms. The van der Waals surface area contributed by atoms with Crippen molar-refractivity contribution in [1.82, 2.24) is 4.98 Å². The number of anilines is 1. The van der Waals surface area contributed by atoms with E-state index in [0.717, 1.165) is 10.2 Å². The third-order valence-corrected chi connectivity index (χ3v) is 4.88. The normalized spacial score (nSPS) is 22.0. The minimum Gasteiger partial charge on any atom is -0.379 e. The maximum atomic E-state index is 6.21. The summed E-state index contributed by atoms with van der Waals surface area (Å²) in [5.74, 6) is 0.537. The number of nitrogens with one attached hydrogen (secondary N) is 1. The Hall–Kier alpha value is -1.06. The molecule has 4 heteroatoms. The first-order valence-electron chi connectivity index (χ1n) is 7.36. The quantitative estimate of drug-likeness (QED) is 0.712. The predicted molar refractivity (Wildman–Crippen MR) is 92.0 cm³/mol. The molecule has 0 aliphatic heterocycles. The van der Waals surface area contributed by atoms with Gasteiger partial charge in [-0.15, -0.1) is 0 Å². The van der Waals surface area contributed by atoms with Gasteiger partial charge in [-0.2, -0.15) is 0 Å². The van der Waals surface area contributed by atoms with Crippen LogP contribution in [0.25, 0.3) is 0 Å². The molecular formula is C17H18BrClN2. The van der Waals surface area contributed by atoms with Crippen LogP contribution in [-0.2, 0) is 0 Å². The van der Waals surface area contributed by atoms with Crippen LogP contribution >= 0.6 is 27.5 Å². The summed E-state index contributed by atoms with van der Waals surface area (Å²) >= 11 is 9.67. The van der Waals surface area contributed by atoms with Crippen LogP contribution < -0.4 is 5.32 Å². The van der Waals surface area contributed by atoms with Gasteiger partial charge in [0, 0.05) is 22.6 Å². The van der Waals surface area contributed by atoms with Gasteiger partial charge in [-0.25, -0.2) is 4.98 Å². The van der Waals surface area contributed by atoms with Crippen molar-refractivity contribution in [2.45, 2.75) is 37.6 Å². The number of aromatic nitrogens is 1. The van der Waals surface area contributed by atoms with Gasteiger partial charge in [0.15, 0.2) is 5.15 Å². The molecule has 0 spiro atoms. The van der Waals surface area contributed by atoms with E-state index in [1.165, 1.54) is 31.2 Å². The van der Waals surface area contributed by atoms with Gasteiger partial charge in [0.1, 0.15) is 0 Å². The number of nitrogens with zero attached hydrogens (tertiary/aromatic N) is 1. The smallest absolute Gasteiger partial charge is 0.152 e. The number of halogens is 2. The summed E-state index contributed by atoms with van der Waals surface area (Å²) in [6.07, 6.45) is 6.68. The van der Waals surface area contributed by atoms with Gasteiger partial charge in [0.25, 0.3) is 0 Å². The van der Waals surface area contributed by atoms with Crippen molar-refractivity contribution in [2.75, 3.05) is 5.32 Å². The van der Waals surface area contributed by atoms with E-state index in [-0.39, 0.29) is 0 Å². The van der Waals surface area contributed by atoms with E-state index >= 15 is 0 Å². The number of pyridine rings is 1. The molecule has 1 aromatic carbocycles. The predicted octanol–water partition coefficient (Wildman–Crippen LogP) is 5.64. The van der Waals surface area contributed by atoms with E-state index in [2.05, 4.69) is 56.6 Å². The van der Waals surface area contributed by atoms with Crippen molar-refractivity contribution in [3.8, 4) is 0 Å². The largest absolute Gasteiger partial charge is 0.379 e. The lowest BCUT2D eigenvalue weighted by Gasteiger charge is -2.33. The van der Waals surface area contributed by atoms with Crippen molar-refractivity contribution < 1.29 is 0 Å². The van der Waals surface area contributed by atoms with Crippen LogP contribution in [0.4, 0.5) is 5.69 Å². The zero-order chi connectivity index (χ0) is 14.7. The molecule has 0 radical (unpaired) electrons. The van der Waals surface area contributed by atoms with E-state index in [1.54, 1.807) is 6.20 Å². The maximum absolute atomic E-state index is 6.21. The Morgan fingerprint density at radius 2 is 1.90 bits per heavy atom. The number of rotatable bonds is 3. The van der Waals surface area contributed by atoms with Gasteiger partial charge in [-0.1, -0.05) is 54.8 Å². The molecule has 1 N–H and O–H groups in total. The lowest BCUT2D eigenvalue weighted by atomic mass is 9.80. The first kappa shape index (κ1) is 14.9. The SMILES string of the molecule is Clc1ncc(Br)cc1NC1CCCCC1c1ccccc1. The average Bonchev–Trinajstić information content (AvgIpc) is 2.52. The molecule has 2 unspecified atom stereocenters. The first-order chi connectivity index (χ1) is 10.2. The summed E-state index contributed by atoms with van der Waals surface area (Å²) in [7, 11) is 0. The second-order valence-electron chi connectivity index (χ2n) is 5.54. The zero-order valence-corrected chi connectivity index (χ0v) is 14.1. The van der Waals surface area contributed by atoms with E-state index in [4.69, 9.17) is 11.6 Å². The highest BCUT2D eigenvalue weighted by Crippen LogP contribution is 2.36. The van der Waals surface area contributed by atoms with Gasteiger partial charge < -0.3 is 5.32 Å². The molecule has 0 amide bonds. The average molecular weight is 366 g/mol. The van der Waals surface area contributed by atoms with Crippen LogP contribution in [0.2, 0.25) is 5.15 Å². The minimum atomic E-state index is 0.412. The van der Waals surface area contributed by atoms with Crippen LogP contribution in [0.5, 0.6) is 0 Å². The van der Waals surface area contributed by atoms with Crippen molar-refractivity contribution >= 4 is 33.2 Å². The first-order valence-corrected chi connectivity index (χ1v) is 8.53. The molecule has 1 aromatic heterocycles. The Morgan fingerprint density at radius 1 is 1.14 bits per heavy atom.